The van der Waals surface area contributed by atoms with Gasteiger partial charge in [-0.25, -0.2) is 0 Å². The quantitative estimate of drug-likeness (QED) is 0.537. The molecule has 0 saturated carbocycles. The normalized spacial score (nSPS) is 11.1. The van der Waals surface area contributed by atoms with Crippen LogP contribution in [0.15, 0.2) is 42.5 Å². The van der Waals surface area contributed by atoms with Crippen LogP contribution >= 0.6 is 0 Å². The van der Waals surface area contributed by atoms with Crippen molar-refractivity contribution in [1.29, 1.82) is 0 Å². The molecule has 0 aliphatic carbocycles. The topological polar surface area (TPSA) is 75.4 Å². The highest BCUT2D eigenvalue weighted by Crippen LogP contribution is 2.37. The molecule has 0 bridgehead atoms. The van der Waals surface area contributed by atoms with Crippen molar-refractivity contribution < 1.29 is 9.47 Å². The second-order valence-corrected chi connectivity index (χ2v) is 5.65. The number of fused-ring (bicyclic) bond motifs is 1. The fourth-order valence-corrected chi connectivity index (χ4v) is 2.97. The first-order chi connectivity index (χ1) is 11.7. The molecule has 0 radical (unpaired) electrons. The molecule has 0 aliphatic heterocycles. The van der Waals surface area contributed by atoms with E-state index in [0.29, 0.717) is 13.2 Å². The van der Waals surface area contributed by atoms with Crippen LogP contribution in [0, 0.1) is 0 Å². The van der Waals surface area contributed by atoms with Crippen molar-refractivity contribution in [3.63, 3.8) is 0 Å². The van der Waals surface area contributed by atoms with E-state index in [2.05, 4.69) is 11.5 Å². The van der Waals surface area contributed by atoms with Crippen molar-refractivity contribution >= 4 is 22.3 Å². The largest absolute Gasteiger partial charge is 0.491 e. The number of hydrogen-bond acceptors (Lipinski definition) is 4. The highest BCUT2D eigenvalue weighted by Gasteiger charge is 2.16. The summed E-state index contributed by atoms with van der Waals surface area (Å²) in [5.74, 6) is 0.815. The van der Waals surface area contributed by atoms with Gasteiger partial charge in [0.15, 0.2) is 0 Å². The van der Waals surface area contributed by atoms with Gasteiger partial charge in [-0.3, -0.25) is 0 Å². The first-order valence-electron chi connectivity index (χ1n) is 8.05. The third-order valence-electron chi connectivity index (χ3n) is 4.13. The predicted molar refractivity (Wildman–Crippen MR) is 99.2 cm³/mol. The van der Waals surface area contributed by atoms with Crippen LogP contribution in [0.3, 0.4) is 0 Å². The molecule has 0 atom stereocenters. The Morgan fingerprint density at radius 2 is 1.75 bits per heavy atom. The van der Waals surface area contributed by atoms with Crippen LogP contribution in [0.2, 0.25) is 0 Å². The van der Waals surface area contributed by atoms with Gasteiger partial charge in [0.25, 0.3) is 0 Å². The van der Waals surface area contributed by atoms with E-state index in [-0.39, 0.29) is 0 Å². The molecule has 3 aromatic rings. The summed E-state index contributed by atoms with van der Waals surface area (Å²) >= 11 is 0. The van der Waals surface area contributed by atoms with E-state index < -0.39 is 0 Å². The first-order valence-corrected chi connectivity index (χ1v) is 8.05. The van der Waals surface area contributed by atoms with Crippen molar-refractivity contribution in [1.82, 2.24) is 4.57 Å². The van der Waals surface area contributed by atoms with Gasteiger partial charge in [0.05, 0.1) is 23.5 Å². The summed E-state index contributed by atoms with van der Waals surface area (Å²) < 4.78 is 13.0. The lowest BCUT2D eigenvalue weighted by Crippen LogP contribution is -2.04. The first kappa shape index (κ1) is 16.2. The molecule has 1 aromatic heterocycles. The molecule has 24 heavy (non-hydrogen) atoms. The van der Waals surface area contributed by atoms with Gasteiger partial charge in [0.1, 0.15) is 12.4 Å². The number of nitrogen functional groups attached to an aromatic ring is 2. The molecule has 4 N–H and O–H groups in total. The van der Waals surface area contributed by atoms with Crippen LogP contribution in [0.5, 0.6) is 5.75 Å². The zero-order valence-corrected chi connectivity index (χ0v) is 14.1. The summed E-state index contributed by atoms with van der Waals surface area (Å²) in [4.78, 5) is 0. The van der Waals surface area contributed by atoms with E-state index in [0.717, 1.165) is 45.8 Å². The average molecular weight is 325 g/mol. The smallest absolute Gasteiger partial charge is 0.121 e. The standard InChI is InChI=1S/C19H23N3O2/c1-3-22-17-12-15(24-11-10-23-2)8-9-16(17)18(21)19(22)13-4-6-14(20)7-5-13/h4-9,12H,3,10-11,20-21H2,1-2H3. The minimum absolute atomic E-state index is 0.523. The molecule has 2 aromatic carbocycles. The van der Waals surface area contributed by atoms with Crippen molar-refractivity contribution in [2.75, 3.05) is 31.8 Å². The van der Waals surface area contributed by atoms with Gasteiger partial charge < -0.3 is 25.5 Å². The number of hydrogen-bond donors (Lipinski definition) is 2. The fraction of sp³-hybridized carbons (Fsp3) is 0.263. The van der Waals surface area contributed by atoms with Crippen molar-refractivity contribution in [3.8, 4) is 17.0 Å². The van der Waals surface area contributed by atoms with E-state index in [9.17, 15) is 0 Å². The van der Waals surface area contributed by atoms with Crippen LogP contribution < -0.4 is 16.2 Å². The second-order valence-electron chi connectivity index (χ2n) is 5.65. The number of nitrogens with two attached hydrogens (primary N) is 2. The minimum Gasteiger partial charge on any atom is -0.491 e. The fourth-order valence-electron chi connectivity index (χ4n) is 2.97. The van der Waals surface area contributed by atoms with Crippen LogP contribution in [-0.2, 0) is 11.3 Å². The van der Waals surface area contributed by atoms with Gasteiger partial charge in [-0.15, -0.1) is 0 Å². The van der Waals surface area contributed by atoms with Crippen molar-refractivity contribution in [2.45, 2.75) is 13.5 Å². The molecule has 0 amide bonds. The predicted octanol–water partition coefficient (Wildman–Crippen LogP) is 3.52. The molecule has 0 fully saturated rings. The Hall–Kier alpha value is -2.66. The zero-order valence-electron chi connectivity index (χ0n) is 14.1. The molecule has 0 aliphatic rings. The van der Waals surface area contributed by atoms with Crippen molar-refractivity contribution in [3.05, 3.63) is 42.5 Å². The van der Waals surface area contributed by atoms with Crippen LogP contribution in [-0.4, -0.2) is 24.9 Å². The second kappa shape index (κ2) is 6.84. The van der Waals surface area contributed by atoms with Gasteiger partial charge >= 0.3 is 0 Å². The summed E-state index contributed by atoms with van der Waals surface area (Å²) in [5, 5.41) is 1.03. The molecule has 5 heteroatoms. The third kappa shape index (κ3) is 2.90. The van der Waals surface area contributed by atoms with Gasteiger partial charge in [-0.2, -0.15) is 0 Å². The summed E-state index contributed by atoms with van der Waals surface area (Å²) in [6.45, 7) is 4.01. The molecule has 0 unspecified atom stereocenters. The Balaban J connectivity index is 2.09. The SMILES string of the molecule is CCn1c(-c2ccc(N)cc2)c(N)c2ccc(OCCOC)cc21. The number of methoxy groups -OCH3 is 1. The highest BCUT2D eigenvalue weighted by atomic mass is 16.5. The van der Waals surface area contributed by atoms with Crippen LogP contribution in [0.25, 0.3) is 22.2 Å². The Morgan fingerprint density at radius 3 is 2.42 bits per heavy atom. The van der Waals surface area contributed by atoms with E-state index in [1.54, 1.807) is 7.11 Å². The number of benzene rings is 2. The lowest BCUT2D eigenvalue weighted by Gasteiger charge is -2.10. The van der Waals surface area contributed by atoms with E-state index in [4.69, 9.17) is 20.9 Å². The van der Waals surface area contributed by atoms with E-state index in [1.807, 2.05) is 42.5 Å². The molecule has 1 heterocycles. The molecular formula is C19H23N3O2. The van der Waals surface area contributed by atoms with Gasteiger partial charge in [0.2, 0.25) is 0 Å². The summed E-state index contributed by atoms with van der Waals surface area (Å²) in [6.07, 6.45) is 0. The minimum atomic E-state index is 0.523. The maximum Gasteiger partial charge on any atom is 0.121 e. The summed E-state index contributed by atoms with van der Waals surface area (Å²) in [7, 11) is 1.66. The maximum atomic E-state index is 6.44. The van der Waals surface area contributed by atoms with Gasteiger partial charge in [0, 0.05) is 36.4 Å². The number of aromatic nitrogens is 1. The van der Waals surface area contributed by atoms with Gasteiger partial charge in [-0.05, 0) is 31.2 Å². The number of anilines is 2. The molecule has 0 spiro atoms. The van der Waals surface area contributed by atoms with Crippen LogP contribution in [0.4, 0.5) is 11.4 Å². The highest BCUT2D eigenvalue weighted by molar-refractivity contribution is 6.01. The summed E-state index contributed by atoms with van der Waals surface area (Å²) in [5.41, 5.74) is 16.9. The average Bonchev–Trinajstić information content (AvgIpc) is 2.87. The Bertz CT molecular complexity index is 838. The molecule has 126 valence electrons. The number of nitrogens with zero attached hydrogens (tertiary/aromatic N) is 1. The van der Waals surface area contributed by atoms with E-state index in [1.165, 1.54) is 0 Å². The molecule has 0 saturated heterocycles. The monoisotopic (exact) mass is 325 g/mol. The van der Waals surface area contributed by atoms with Crippen molar-refractivity contribution in [2.24, 2.45) is 0 Å². The van der Waals surface area contributed by atoms with Gasteiger partial charge in [-0.1, -0.05) is 12.1 Å². The Morgan fingerprint density at radius 1 is 1.00 bits per heavy atom. The Labute approximate surface area is 141 Å². The number of rotatable bonds is 6. The number of aryl methyl sites for hydroxylation is 1. The number of ether oxygens (including phenoxy) is 2. The maximum absolute atomic E-state index is 6.44. The van der Waals surface area contributed by atoms with E-state index >= 15 is 0 Å². The Kier molecular flexibility index (Phi) is 4.62. The lowest BCUT2D eigenvalue weighted by atomic mass is 10.1. The lowest BCUT2D eigenvalue weighted by molar-refractivity contribution is 0.146. The zero-order chi connectivity index (χ0) is 17.1. The summed E-state index contributed by atoms with van der Waals surface area (Å²) in [6, 6.07) is 13.8. The van der Waals surface area contributed by atoms with Crippen LogP contribution in [0.1, 0.15) is 6.92 Å². The third-order valence-corrected chi connectivity index (χ3v) is 4.13. The molecule has 5 nitrogen and oxygen atoms in total. The molecule has 3 rings (SSSR count). The molecular weight excluding hydrogens is 302 g/mol.